The van der Waals surface area contributed by atoms with Crippen molar-refractivity contribution in [2.75, 3.05) is 13.1 Å². The van der Waals surface area contributed by atoms with Crippen LogP contribution < -0.4 is 5.56 Å². The molecule has 0 spiro atoms. The van der Waals surface area contributed by atoms with E-state index in [2.05, 4.69) is 19.9 Å². The zero-order valence-corrected chi connectivity index (χ0v) is 27.9. The highest BCUT2D eigenvalue weighted by atomic mass is 16.6. The summed E-state index contributed by atoms with van der Waals surface area (Å²) in [6.45, 7) is 12.4. The Morgan fingerprint density at radius 3 is 1.70 bits per heavy atom. The van der Waals surface area contributed by atoms with Crippen LogP contribution in [0.1, 0.15) is 91.0 Å². The van der Waals surface area contributed by atoms with Crippen molar-refractivity contribution in [1.82, 2.24) is 34.3 Å². The Bertz CT molecular complexity index is 1810. The van der Waals surface area contributed by atoms with Gasteiger partial charge in [0.2, 0.25) is 0 Å². The van der Waals surface area contributed by atoms with Crippen LogP contribution >= 0.6 is 0 Å². The molecule has 1 aromatic carbocycles. The highest BCUT2D eigenvalue weighted by Gasteiger charge is 2.36. The maximum absolute atomic E-state index is 13.2. The molecule has 12 nitrogen and oxygen atoms in total. The van der Waals surface area contributed by atoms with Gasteiger partial charge in [-0.25, -0.2) is 19.6 Å². The number of nitrogens with zero attached hydrogens (tertiary/aromatic N) is 5. The van der Waals surface area contributed by atoms with Crippen molar-refractivity contribution in [1.29, 1.82) is 0 Å². The molecule has 4 aromatic rings. The number of likely N-dealkylation sites (tertiary alicyclic amines) is 2. The van der Waals surface area contributed by atoms with Crippen LogP contribution in [0.4, 0.5) is 9.59 Å². The molecule has 2 atom stereocenters. The number of pyridine rings is 1. The zero-order valence-electron chi connectivity index (χ0n) is 27.9. The van der Waals surface area contributed by atoms with E-state index in [1.54, 1.807) is 39.0 Å². The van der Waals surface area contributed by atoms with E-state index in [1.165, 1.54) is 0 Å². The van der Waals surface area contributed by atoms with Gasteiger partial charge in [0.05, 0.1) is 35.9 Å². The van der Waals surface area contributed by atoms with Gasteiger partial charge in [0.25, 0.3) is 5.56 Å². The molecular formula is C35H43N7O5. The van der Waals surface area contributed by atoms with Crippen molar-refractivity contribution >= 4 is 12.2 Å². The van der Waals surface area contributed by atoms with E-state index in [-0.39, 0.29) is 29.8 Å². The zero-order chi connectivity index (χ0) is 33.5. The maximum atomic E-state index is 13.2. The second-order valence-electron chi connectivity index (χ2n) is 14.2. The van der Waals surface area contributed by atoms with Gasteiger partial charge in [-0.1, -0.05) is 12.1 Å². The van der Waals surface area contributed by atoms with Crippen molar-refractivity contribution in [3.8, 4) is 28.2 Å². The average molecular weight is 642 g/mol. The van der Waals surface area contributed by atoms with Crippen LogP contribution in [0.3, 0.4) is 0 Å². The fourth-order valence-corrected chi connectivity index (χ4v) is 6.15. The number of aromatic nitrogens is 5. The lowest BCUT2D eigenvalue weighted by Crippen LogP contribution is -2.36. The number of hydrogen-bond donors (Lipinski definition) is 2. The van der Waals surface area contributed by atoms with Gasteiger partial charge in [-0.05, 0) is 91.0 Å². The smallest absolute Gasteiger partial charge is 0.410 e. The molecule has 2 N–H and O–H groups in total. The molecule has 0 saturated carbocycles. The number of benzene rings is 1. The summed E-state index contributed by atoms with van der Waals surface area (Å²) < 4.78 is 12.8. The van der Waals surface area contributed by atoms with Crippen molar-refractivity contribution in [2.45, 2.75) is 90.5 Å². The fraction of sp³-hybridized carbons (Fsp3) is 0.457. The molecule has 248 valence electrons. The van der Waals surface area contributed by atoms with Crippen molar-refractivity contribution in [3.05, 3.63) is 77.0 Å². The third-order valence-electron chi connectivity index (χ3n) is 8.27. The Hall–Kier alpha value is -4.87. The minimum atomic E-state index is -0.576. The quantitative estimate of drug-likeness (QED) is 0.245. The predicted octanol–water partition coefficient (Wildman–Crippen LogP) is 6.76. The van der Waals surface area contributed by atoms with Gasteiger partial charge in [-0.15, -0.1) is 0 Å². The Morgan fingerprint density at radius 1 is 0.745 bits per heavy atom. The maximum Gasteiger partial charge on any atom is 0.410 e. The van der Waals surface area contributed by atoms with Gasteiger partial charge in [-0.3, -0.25) is 19.2 Å². The number of carbonyl (C=O) groups excluding carboxylic acids is 2. The van der Waals surface area contributed by atoms with Gasteiger partial charge in [0.15, 0.2) is 0 Å². The summed E-state index contributed by atoms with van der Waals surface area (Å²) in [4.78, 5) is 58.1. The van der Waals surface area contributed by atoms with E-state index in [9.17, 15) is 14.4 Å². The molecule has 12 heteroatoms. The van der Waals surface area contributed by atoms with Gasteiger partial charge in [0.1, 0.15) is 22.9 Å². The molecule has 6 rings (SSSR count). The van der Waals surface area contributed by atoms with E-state index in [0.29, 0.717) is 30.2 Å². The van der Waals surface area contributed by atoms with E-state index < -0.39 is 11.2 Å². The molecule has 0 aliphatic carbocycles. The summed E-state index contributed by atoms with van der Waals surface area (Å²) in [7, 11) is 0. The number of imidazole rings is 2. The minimum absolute atomic E-state index is 0.164. The minimum Gasteiger partial charge on any atom is -0.444 e. The number of nitrogens with one attached hydrogen (secondary N) is 2. The van der Waals surface area contributed by atoms with Crippen molar-refractivity contribution < 1.29 is 19.1 Å². The Balaban J connectivity index is 1.14. The van der Waals surface area contributed by atoms with Crippen LogP contribution in [-0.2, 0) is 9.47 Å². The van der Waals surface area contributed by atoms with Crippen LogP contribution in [0, 0.1) is 0 Å². The molecule has 2 fully saturated rings. The Morgan fingerprint density at radius 2 is 1.23 bits per heavy atom. The lowest BCUT2D eigenvalue weighted by atomic mass is 10.1. The van der Waals surface area contributed by atoms with Crippen LogP contribution in [-0.4, -0.2) is 70.8 Å². The third kappa shape index (κ3) is 7.11. The molecule has 2 aliphatic heterocycles. The van der Waals surface area contributed by atoms with E-state index in [4.69, 9.17) is 9.47 Å². The first-order valence-corrected chi connectivity index (χ1v) is 16.2. The normalized spacial score (nSPS) is 18.5. The highest BCUT2D eigenvalue weighted by Crippen LogP contribution is 2.34. The number of H-pyrrole nitrogens is 2. The van der Waals surface area contributed by atoms with Crippen LogP contribution in [0.2, 0.25) is 0 Å². The summed E-state index contributed by atoms with van der Waals surface area (Å²) in [6, 6.07) is 10.7. The van der Waals surface area contributed by atoms with Gasteiger partial charge < -0.3 is 19.4 Å². The van der Waals surface area contributed by atoms with Crippen LogP contribution in [0.15, 0.2) is 59.8 Å². The average Bonchev–Trinajstić information content (AvgIpc) is 3.81. The first kappa shape index (κ1) is 32.1. The predicted molar refractivity (Wildman–Crippen MR) is 177 cm³/mol. The van der Waals surface area contributed by atoms with Gasteiger partial charge >= 0.3 is 12.2 Å². The van der Waals surface area contributed by atoms with Crippen LogP contribution in [0.25, 0.3) is 28.2 Å². The summed E-state index contributed by atoms with van der Waals surface area (Å²) in [6.07, 6.45) is 7.89. The van der Waals surface area contributed by atoms with Gasteiger partial charge in [0, 0.05) is 36.6 Å². The third-order valence-corrected chi connectivity index (χ3v) is 8.27. The van der Waals surface area contributed by atoms with Crippen molar-refractivity contribution in [2.24, 2.45) is 0 Å². The molecule has 2 amide bonds. The highest BCUT2D eigenvalue weighted by molar-refractivity contribution is 5.70. The fourth-order valence-electron chi connectivity index (χ4n) is 6.15. The molecule has 3 aromatic heterocycles. The first-order valence-electron chi connectivity index (χ1n) is 16.2. The lowest BCUT2D eigenvalue weighted by molar-refractivity contribution is 0.0208. The molecule has 2 saturated heterocycles. The molecule has 0 radical (unpaired) electrons. The molecule has 0 unspecified atom stereocenters. The summed E-state index contributed by atoms with van der Waals surface area (Å²) in [5, 5.41) is 0. The largest absolute Gasteiger partial charge is 0.444 e. The monoisotopic (exact) mass is 641 g/mol. The molecule has 2 aliphatic rings. The van der Waals surface area contributed by atoms with E-state index in [0.717, 1.165) is 48.5 Å². The standard InChI is InChI=1S/C35H43N7O5/c1-34(2,3)46-32(44)41-16-7-9-27(41)30-36-20-25(38-30)22-11-13-24(14-12-22)40-18-15-23(19-29(40)43)26-21-37-31(39-26)28-10-8-17-42(28)33(45)47-35(4,5)6/h11-15,18-21,27-28H,7-10,16-17H2,1-6H3,(H,36,38)(H,37,39)/t27-,28-/m0/s1. The second kappa shape index (κ2) is 12.4. The number of rotatable bonds is 5. The van der Waals surface area contributed by atoms with Gasteiger partial charge in [-0.2, -0.15) is 0 Å². The second-order valence-corrected chi connectivity index (χ2v) is 14.2. The van der Waals surface area contributed by atoms with E-state index >= 15 is 0 Å². The first-order chi connectivity index (χ1) is 22.3. The molecular weight excluding hydrogens is 598 g/mol. The van der Waals surface area contributed by atoms with Crippen molar-refractivity contribution in [3.63, 3.8) is 0 Å². The number of carbonyl (C=O) groups is 2. The van der Waals surface area contributed by atoms with Crippen LogP contribution in [0.5, 0.6) is 0 Å². The molecule has 47 heavy (non-hydrogen) atoms. The topological polar surface area (TPSA) is 138 Å². The number of ether oxygens (including phenoxy) is 2. The summed E-state index contributed by atoms with van der Waals surface area (Å²) in [5.74, 6) is 1.40. The number of aromatic amines is 2. The number of hydrogen-bond acceptors (Lipinski definition) is 7. The Labute approximate surface area is 274 Å². The summed E-state index contributed by atoms with van der Waals surface area (Å²) in [5.41, 5.74) is 2.56. The molecule has 0 bridgehead atoms. The molecule has 5 heterocycles. The Kier molecular flexibility index (Phi) is 8.46. The number of amides is 2. The lowest BCUT2D eigenvalue weighted by Gasteiger charge is -2.27. The SMILES string of the molecule is CC(C)(C)OC(=O)N1CCC[C@H]1c1ncc(-c2ccc(-n3ccc(-c4cnc([C@@H]5CCCN5C(=O)OC(C)(C)C)[nH]4)cc3=O)cc2)[nH]1. The van der Waals surface area contributed by atoms with E-state index in [1.807, 2.05) is 71.9 Å². The summed E-state index contributed by atoms with van der Waals surface area (Å²) >= 11 is 0.